The van der Waals surface area contributed by atoms with E-state index in [0.29, 0.717) is 17.7 Å². The first-order valence-electron chi connectivity index (χ1n) is 8.42. The molecule has 2 rings (SSSR count). The van der Waals surface area contributed by atoms with Crippen LogP contribution in [0.4, 0.5) is 45.2 Å². The summed E-state index contributed by atoms with van der Waals surface area (Å²) in [7, 11) is 0. The highest BCUT2D eigenvalue weighted by molar-refractivity contribution is 5.49. The number of halogens is 9. The maximum atomic E-state index is 14.3. The van der Waals surface area contributed by atoms with Crippen molar-refractivity contribution in [3.63, 3.8) is 0 Å². The third kappa shape index (κ3) is 5.38. The summed E-state index contributed by atoms with van der Waals surface area (Å²) in [6.45, 7) is 0.0175. The zero-order chi connectivity index (χ0) is 22.9. The molecule has 2 aromatic carbocycles. The zero-order valence-electron chi connectivity index (χ0n) is 15.3. The van der Waals surface area contributed by atoms with Crippen molar-refractivity contribution in [2.24, 2.45) is 0 Å². The second kappa shape index (κ2) is 8.37. The highest BCUT2D eigenvalue weighted by Gasteiger charge is 2.58. The third-order valence-electron chi connectivity index (χ3n) is 4.27. The van der Waals surface area contributed by atoms with Crippen molar-refractivity contribution in [1.82, 2.24) is 0 Å². The number of benzene rings is 2. The van der Waals surface area contributed by atoms with Crippen LogP contribution in [0.2, 0.25) is 0 Å². The smallest absolute Gasteiger partial charge is 0.382 e. The number of alkyl halides is 8. The zero-order valence-corrected chi connectivity index (χ0v) is 15.3. The second-order valence-electron chi connectivity index (χ2n) is 6.66. The van der Waals surface area contributed by atoms with Crippen molar-refractivity contribution in [3.8, 4) is 0 Å². The van der Waals surface area contributed by atoms with Gasteiger partial charge in [-0.3, -0.25) is 0 Å². The minimum atomic E-state index is -5.94. The Morgan fingerprint density at radius 2 is 1.57 bits per heavy atom. The van der Waals surface area contributed by atoms with Gasteiger partial charge in [-0.1, -0.05) is 24.3 Å². The molecule has 0 spiro atoms. The quantitative estimate of drug-likeness (QED) is 0.576. The van der Waals surface area contributed by atoms with Crippen LogP contribution in [0.15, 0.2) is 42.5 Å². The van der Waals surface area contributed by atoms with Gasteiger partial charge in [0.05, 0.1) is 6.54 Å². The standard InChI is InChI=1S/C19H16F9NO/c1-11-3-2-4-14(7-11)29(10-16(30)18(23,24)25)9-12-5-6-13(8-15(12)20)17(21,22)19(26,27)28/h2-8,16,30H,9-10H2,1H3. The normalized spacial score (nSPS) is 14.0. The molecule has 1 unspecified atom stereocenters. The molecule has 0 aliphatic carbocycles. The molecule has 0 aliphatic rings. The molecule has 1 atom stereocenters. The number of hydrogen-bond donors (Lipinski definition) is 1. The highest BCUT2D eigenvalue weighted by atomic mass is 19.4. The molecule has 1 N–H and O–H groups in total. The highest BCUT2D eigenvalue weighted by Crippen LogP contribution is 2.44. The molecule has 2 nitrogen and oxygen atoms in total. The van der Waals surface area contributed by atoms with Gasteiger partial charge >= 0.3 is 18.3 Å². The van der Waals surface area contributed by atoms with Crippen molar-refractivity contribution >= 4 is 5.69 Å². The molecule has 0 aromatic heterocycles. The number of aryl methyl sites for hydroxylation is 1. The predicted octanol–water partition coefficient (Wildman–Crippen LogP) is 5.72. The summed E-state index contributed by atoms with van der Waals surface area (Å²) in [5.74, 6) is -6.75. The molecule has 0 bridgehead atoms. The summed E-state index contributed by atoms with van der Waals surface area (Å²) in [4.78, 5) is 0.950. The molecular weight excluding hydrogens is 429 g/mol. The van der Waals surface area contributed by atoms with Gasteiger partial charge < -0.3 is 10.0 Å². The van der Waals surface area contributed by atoms with Crippen LogP contribution in [-0.2, 0) is 12.5 Å². The molecule has 11 heteroatoms. The lowest BCUT2D eigenvalue weighted by atomic mass is 10.0. The van der Waals surface area contributed by atoms with Crippen molar-refractivity contribution < 1.29 is 44.6 Å². The Bertz CT molecular complexity index is 877. The van der Waals surface area contributed by atoms with E-state index in [0.717, 1.165) is 4.90 Å². The predicted molar refractivity (Wildman–Crippen MR) is 90.6 cm³/mol. The average Bonchev–Trinajstić information content (AvgIpc) is 2.60. The van der Waals surface area contributed by atoms with E-state index < -0.39 is 54.4 Å². The Balaban J connectivity index is 2.38. The maximum absolute atomic E-state index is 14.3. The van der Waals surface area contributed by atoms with E-state index >= 15 is 0 Å². The van der Waals surface area contributed by atoms with Gasteiger partial charge in [0.1, 0.15) is 5.82 Å². The minimum absolute atomic E-state index is 0.00255. The van der Waals surface area contributed by atoms with Gasteiger partial charge in [-0.25, -0.2) is 4.39 Å². The largest absolute Gasteiger partial charge is 0.458 e. The molecule has 30 heavy (non-hydrogen) atoms. The molecule has 166 valence electrons. The van der Waals surface area contributed by atoms with E-state index in [1.54, 1.807) is 13.0 Å². The number of aliphatic hydroxyl groups excluding tert-OH is 1. The number of hydrogen-bond acceptors (Lipinski definition) is 2. The first-order chi connectivity index (χ1) is 13.6. The average molecular weight is 445 g/mol. The Morgan fingerprint density at radius 3 is 2.07 bits per heavy atom. The van der Waals surface area contributed by atoms with Crippen LogP contribution in [0.5, 0.6) is 0 Å². The molecular formula is C19H16F9NO. The Hall–Kier alpha value is -2.43. The van der Waals surface area contributed by atoms with E-state index in [-0.39, 0.29) is 11.8 Å². The SMILES string of the molecule is Cc1cccc(N(Cc2ccc(C(F)(F)C(F)(F)F)cc2F)CC(O)C(F)(F)F)c1. The Kier molecular flexibility index (Phi) is 6.65. The van der Waals surface area contributed by atoms with E-state index in [1.165, 1.54) is 18.2 Å². The maximum Gasteiger partial charge on any atom is 0.458 e. The van der Waals surface area contributed by atoms with Gasteiger partial charge in [-0.15, -0.1) is 0 Å². The lowest BCUT2D eigenvalue weighted by molar-refractivity contribution is -0.289. The fraction of sp³-hybridized carbons (Fsp3) is 0.368. The van der Waals surface area contributed by atoms with E-state index in [4.69, 9.17) is 0 Å². The second-order valence-corrected chi connectivity index (χ2v) is 6.66. The van der Waals surface area contributed by atoms with Crippen molar-refractivity contribution in [1.29, 1.82) is 0 Å². The first kappa shape index (κ1) is 23.8. The number of anilines is 1. The topological polar surface area (TPSA) is 23.5 Å². The van der Waals surface area contributed by atoms with Crippen molar-refractivity contribution in [2.45, 2.75) is 37.8 Å². The van der Waals surface area contributed by atoms with E-state index in [1.807, 2.05) is 0 Å². The van der Waals surface area contributed by atoms with Gasteiger partial charge in [0.2, 0.25) is 0 Å². The van der Waals surface area contributed by atoms with Crippen LogP contribution in [0, 0.1) is 12.7 Å². The molecule has 0 aliphatic heterocycles. The van der Waals surface area contributed by atoms with Crippen LogP contribution < -0.4 is 4.90 Å². The molecule has 0 saturated heterocycles. The summed E-state index contributed by atoms with van der Waals surface area (Å²) in [5, 5.41) is 9.39. The molecule has 0 heterocycles. The van der Waals surface area contributed by atoms with E-state index in [2.05, 4.69) is 0 Å². The lowest BCUT2D eigenvalue weighted by Gasteiger charge is -2.29. The monoisotopic (exact) mass is 445 g/mol. The number of rotatable bonds is 6. The number of aliphatic hydroxyl groups is 1. The van der Waals surface area contributed by atoms with Crippen molar-refractivity contribution in [2.75, 3.05) is 11.4 Å². The fourth-order valence-corrected chi connectivity index (χ4v) is 2.64. The molecule has 0 fully saturated rings. The van der Waals surface area contributed by atoms with Crippen molar-refractivity contribution in [3.05, 3.63) is 65.0 Å². The van der Waals surface area contributed by atoms with Crippen LogP contribution >= 0.6 is 0 Å². The molecule has 0 amide bonds. The Morgan fingerprint density at radius 1 is 0.933 bits per heavy atom. The summed E-state index contributed by atoms with van der Waals surface area (Å²) < 4.78 is 117. The van der Waals surface area contributed by atoms with Crippen LogP contribution in [0.3, 0.4) is 0 Å². The van der Waals surface area contributed by atoms with Crippen LogP contribution in [-0.4, -0.2) is 30.1 Å². The summed E-state index contributed by atoms with van der Waals surface area (Å²) in [6, 6.07) is 6.98. The minimum Gasteiger partial charge on any atom is -0.382 e. The van der Waals surface area contributed by atoms with E-state index in [9.17, 15) is 44.6 Å². The van der Waals surface area contributed by atoms with Gasteiger partial charge in [0.15, 0.2) is 6.10 Å². The van der Waals surface area contributed by atoms with Gasteiger partial charge in [0.25, 0.3) is 0 Å². The fourth-order valence-electron chi connectivity index (χ4n) is 2.64. The van der Waals surface area contributed by atoms with Gasteiger partial charge in [-0.2, -0.15) is 35.1 Å². The molecule has 2 aromatic rings. The third-order valence-corrected chi connectivity index (χ3v) is 4.27. The summed E-state index contributed by atoms with van der Waals surface area (Å²) in [6.07, 6.45) is -13.7. The lowest BCUT2D eigenvalue weighted by Crippen LogP contribution is -2.41. The first-order valence-corrected chi connectivity index (χ1v) is 8.42. The van der Waals surface area contributed by atoms with Gasteiger partial charge in [0, 0.05) is 23.4 Å². The number of nitrogens with zero attached hydrogens (tertiary/aromatic N) is 1. The van der Waals surface area contributed by atoms with Gasteiger partial charge in [-0.05, 0) is 30.7 Å². The Labute approximate surface area is 165 Å². The molecule has 0 radical (unpaired) electrons. The van der Waals surface area contributed by atoms with Crippen LogP contribution in [0.25, 0.3) is 0 Å². The summed E-state index contributed by atoms with van der Waals surface area (Å²) >= 11 is 0. The van der Waals surface area contributed by atoms with Crippen LogP contribution in [0.1, 0.15) is 16.7 Å². The summed E-state index contributed by atoms with van der Waals surface area (Å²) in [5.41, 5.74) is -1.25. The molecule has 0 saturated carbocycles.